The zero-order chi connectivity index (χ0) is 25.5. The maximum absolute atomic E-state index is 13.0. The van der Waals surface area contributed by atoms with Gasteiger partial charge >= 0.3 is 0 Å². The molecule has 1 fully saturated rings. The van der Waals surface area contributed by atoms with Gasteiger partial charge in [0.15, 0.2) is 6.61 Å². The maximum atomic E-state index is 13.0. The number of anilines is 2. The number of para-hydroxylation sites is 2. The lowest BCUT2D eigenvalue weighted by Gasteiger charge is -2.36. The molecule has 1 aliphatic rings. The van der Waals surface area contributed by atoms with Gasteiger partial charge in [-0.1, -0.05) is 30.3 Å². The number of hydrogen-bond donors (Lipinski definition) is 0. The summed E-state index contributed by atoms with van der Waals surface area (Å²) in [5.74, 6) is 1.25. The molecule has 0 aliphatic carbocycles. The Balaban J connectivity index is 1.32. The van der Waals surface area contributed by atoms with E-state index in [2.05, 4.69) is 4.90 Å². The SMILES string of the molecule is CCN(c1ccc(OCC(=O)N2CCN(c3ccccc3OC)CC2)cc1)S(=O)(=O)c1ccccc1. The van der Waals surface area contributed by atoms with Gasteiger partial charge in [0.05, 0.1) is 23.4 Å². The van der Waals surface area contributed by atoms with Crippen molar-refractivity contribution >= 4 is 27.3 Å². The van der Waals surface area contributed by atoms with Crippen molar-refractivity contribution in [3.05, 3.63) is 78.9 Å². The van der Waals surface area contributed by atoms with Gasteiger partial charge in [-0.3, -0.25) is 9.10 Å². The van der Waals surface area contributed by atoms with Gasteiger partial charge in [0.25, 0.3) is 15.9 Å². The molecule has 1 amide bonds. The Hall–Kier alpha value is -3.72. The van der Waals surface area contributed by atoms with Crippen LogP contribution in [0.2, 0.25) is 0 Å². The number of carbonyl (C=O) groups is 1. The molecule has 0 unspecified atom stereocenters. The van der Waals surface area contributed by atoms with E-state index in [1.165, 1.54) is 4.31 Å². The van der Waals surface area contributed by atoms with Crippen LogP contribution in [0.25, 0.3) is 0 Å². The summed E-state index contributed by atoms with van der Waals surface area (Å²) < 4.78 is 38.6. The van der Waals surface area contributed by atoms with Crippen molar-refractivity contribution in [2.24, 2.45) is 0 Å². The quantitative estimate of drug-likeness (QED) is 0.438. The molecule has 3 aromatic carbocycles. The standard InChI is InChI=1S/C27H31N3O5S/c1-3-30(36(32,33)24-9-5-4-6-10-24)22-13-15-23(16-14-22)35-21-27(31)29-19-17-28(18-20-29)25-11-7-8-12-26(25)34-2/h4-16H,3,17-21H2,1-2H3. The van der Waals surface area contributed by atoms with E-state index in [0.717, 1.165) is 11.4 Å². The van der Waals surface area contributed by atoms with Crippen LogP contribution >= 0.6 is 0 Å². The van der Waals surface area contributed by atoms with Crippen LogP contribution in [0.3, 0.4) is 0 Å². The Kier molecular flexibility index (Phi) is 8.00. The molecule has 9 heteroatoms. The minimum absolute atomic E-state index is 0.0756. The highest BCUT2D eigenvalue weighted by Gasteiger charge is 2.24. The smallest absolute Gasteiger partial charge is 0.264 e. The van der Waals surface area contributed by atoms with Gasteiger partial charge in [0, 0.05) is 32.7 Å². The third-order valence-corrected chi connectivity index (χ3v) is 8.08. The number of hydrogen-bond acceptors (Lipinski definition) is 6. The number of methoxy groups -OCH3 is 1. The fraction of sp³-hybridized carbons (Fsp3) is 0.296. The molecular formula is C27H31N3O5S. The molecule has 0 aromatic heterocycles. The molecule has 0 atom stereocenters. The second-order valence-electron chi connectivity index (χ2n) is 8.31. The Labute approximate surface area is 212 Å². The van der Waals surface area contributed by atoms with Crippen LogP contribution in [0.15, 0.2) is 83.8 Å². The molecule has 36 heavy (non-hydrogen) atoms. The summed E-state index contributed by atoms with van der Waals surface area (Å²) in [7, 11) is -2.01. The normalized spacial score (nSPS) is 13.8. The lowest BCUT2D eigenvalue weighted by atomic mass is 10.2. The Morgan fingerprint density at radius 2 is 1.53 bits per heavy atom. The highest BCUT2D eigenvalue weighted by atomic mass is 32.2. The predicted molar refractivity (Wildman–Crippen MR) is 140 cm³/mol. The fourth-order valence-corrected chi connectivity index (χ4v) is 5.74. The molecule has 0 spiro atoms. The van der Waals surface area contributed by atoms with E-state index in [4.69, 9.17) is 9.47 Å². The van der Waals surface area contributed by atoms with E-state index >= 15 is 0 Å². The molecule has 0 N–H and O–H groups in total. The number of ether oxygens (including phenoxy) is 2. The van der Waals surface area contributed by atoms with Gasteiger partial charge in [0.2, 0.25) is 0 Å². The molecule has 3 aromatic rings. The number of carbonyl (C=O) groups excluding carboxylic acids is 1. The van der Waals surface area contributed by atoms with Gasteiger partial charge in [-0.05, 0) is 55.5 Å². The van der Waals surface area contributed by atoms with Crippen LogP contribution in [-0.4, -0.2) is 65.7 Å². The minimum atomic E-state index is -3.67. The van der Waals surface area contributed by atoms with Crippen LogP contribution in [0.4, 0.5) is 11.4 Å². The van der Waals surface area contributed by atoms with Crippen molar-refractivity contribution in [3.63, 3.8) is 0 Å². The van der Waals surface area contributed by atoms with Gasteiger partial charge in [0.1, 0.15) is 11.5 Å². The molecule has 1 heterocycles. The summed E-state index contributed by atoms with van der Waals surface area (Å²) in [5, 5.41) is 0. The third kappa shape index (κ3) is 5.57. The van der Waals surface area contributed by atoms with E-state index in [1.54, 1.807) is 73.5 Å². The highest BCUT2D eigenvalue weighted by Crippen LogP contribution is 2.29. The molecule has 1 saturated heterocycles. The van der Waals surface area contributed by atoms with Crippen LogP contribution in [-0.2, 0) is 14.8 Å². The van der Waals surface area contributed by atoms with Crippen LogP contribution in [0, 0.1) is 0 Å². The first-order valence-electron chi connectivity index (χ1n) is 11.9. The average Bonchev–Trinajstić information content (AvgIpc) is 2.93. The van der Waals surface area contributed by atoms with Crippen molar-refractivity contribution < 1.29 is 22.7 Å². The first-order chi connectivity index (χ1) is 17.4. The first kappa shape index (κ1) is 25.4. The number of rotatable bonds is 9. The van der Waals surface area contributed by atoms with E-state index in [-0.39, 0.29) is 24.0 Å². The topological polar surface area (TPSA) is 79.4 Å². The second-order valence-corrected chi connectivity index (χ2v) is 10.2. The van der Waals surface area contributed by atoms with Gasteiger partial charge in [-0.25, -0.2) is 8.42 Å². The Bertz CT molecular complexity index is 1260. The van der Waals surface area contributed by atoms with E-state index in [9.17, 15) is 13.2 Å². The van der Waals surface area contributed by atoms with E-state index < -0.39 is 10.0 Å². The molecule has 0 bridgehead atoms. The zero-order valence-electron chi connectivity index (χ0n) is 20.5. The summed E-state index contributed by atoms with van der Waals surface area (Å²) in [6, 6.07) is 23.0. The van der Waals surface area contributed by atoms with Crippen molar-refractivity contribution in [2.45, 2.75) is 11.8 Å². The Morgan fingerprint density at radius 3 is 2.17 bits per heavy atom. The molecular weight excluding hydrogens is 478 g/mol. The molecule has 4 rings (SSSR count). The summed E-state index contributed by atoms with van der Waals surface area (Å²) in [5.41, 5.74) is 1.56. The first-order valence-corrected chi connectivity index (χ1v) is 13.3. The Morgan fingerprint density at radius 1 is 0.889 bits per heavy atom. The van der Waals surface area contributed by atoms with E-state index in [1.807, 2.05) is 24.3 Å². The minimum Gasteiger partial charge on any atom is -0.495 e. The predicted octanol–water partition coefficient (Wildman–Crippen LogP) is 3.64. The summed E-state index contributed by atoms with van der Waals surface area (Å²) in [6.45, 7) is 4.62. The molecule has 0 radical (unpaired) electrons. The zero-order valence-corrected chi connectivity index (χ0v) is 21.4. The summed E-state index contributed by atoms with van der Waals surface area (Å²) in [4.78, 5) is 17.0. The van der Waals surface area contributed by atoms with Crippen LogP contribution < -0.4 is 18.7 Å². The average molecular weight is 510 g/mol. The van der Waals surface area contributed by atoms with Crippen LogP contribution in [0.5, 0.6) is 11.5 Å². The van der Waals surface area contributed by atoms with Gasteiger partial charge in [-0.2, -0.15) is 0 Å². The van der Waals surface area contributed by atoms with Gasteiger partial charge < -0.3 is 19.3 Å². The molecule has 0 saturated carbocycles. The molecule has 1 aliphatic heterocycles. The number of sulfonamides is 1. The van der Waals surface area contributed by atoms with Crippen molar-refractivity contribution in [3.8, 4) is 11.5 Å². The fourth-order valence-electron chi connectivity index (χ4n) is 4.24. The van der Waals surface area contributed by atoms with Gasteiger partial charge in [-0.15, -0.1) is 0 Å². The summed E-state index contributed by atoms with van der Waals surface area (Å²) >= 11 is 0. The molecule has 190 valence electrons. The highest BCUT2D eigenvalue weighted by molar-refractivity contribution is 7.92. The molecule has 8 nitrogen and oxygen atoms in total. The van der Waals surface area contributed by atoms with Crippen molar-refractivity contribution in [1.82, 2.24) is 4.90 Å². The number of amides is 1. The number of piperazine rings is 1. The van der Waals surface area contributed by atoms with Crippen LogP contribution in [0.1, 0.15) is 6.92 Å². The number of nitrogens with zero attached hydrogens (tertiary/aromatic N) is 3. The second kappa shape index (κ2) is 11.3. The monoisotopic (exact) mass is 509 g/mol. The lowest BCUT2D eigenvalue weighted by Crippen LogP contribution is -2.50. The summed E-state index contributed by atoms with van der Waals surface area (Å²) in [6.07, 6.45) is 0. The number of benzene rings is 3. The maximum Gasteiger partial charge on any atom is 0.264 e. The lowest BCUT2D eigenvalue weighted by molar-refractivity contribution is -0.133. The van der Waals surface area contributed by atoms with Crippen molar-refractivity contribution in [1.29, 1.82) is 0 Å². The third-order valence-electron chi connectivity index (χ3n) is 6.16. The van der Waals surface area contributed by atoms with E-state index in [0.29, 0.717) is 37.6 Å². The largest absolute Gasteiger partial charge is 0.495 e. The van der Waals surface area contributed by atoms with Crippen molar-refractivity contribution in [2.75, 3.05) is 55.6 Å².